The van der Waals surface area contributed by atoms with Crippen molar-refractivity contribution in [1.82, 2.24) is 5.32 Å². The first-order chi connectivity index (χ1) is 11.5. The molecule has 1 N–H and O–H groups in total. The summed E-state index contributed by atoms with van der Waals surface area (Å²) >= 11 is 5.99. The zero-order valence-corrected chi connectivity index (χ0v) is 13.9. The lowest BCUT2D eigenvalue weighted by atomic mass is 10.2. The molecule has 0 radical (unpaired) electrons. The minimum Gasteiger partial charge on any atom is -0.482 e. The van der Waals surface area contributed by atoms with Crippen LogP contribution >= 0.6 is 11.6 Å². The fourth-order valence-electron chi connectivity index (χ4n) is 2.59. The third kappa shape index (κ3) is 3.71. The summed E-state index contributed by atoms with van der Waals surface area (Å²) in [4.78, 5) is 25.8. The average molecular weight is 349 g/mol. The van der Waals surface area contributed by atoms with Gasteiger partial charge < -0.3 is 14.5 Å². The van der Waals surface area contributed by atoms with Gasteiger partial charge in [0.2, 0.25) is 5.91 Å². The summed E-state index contributed by atoms with van der Waals surface area (Å²) in [5, 5.41) is 3.34. The molecule has 1 aromatic heterocycles. The molecule has 1 unspecified atom stereocenters. The van der Waals surface area contributed by atoms with E-state index in [2.05, 4.69) is 5.32 Å². The maximum atomic E-state index is 12.3. The Morgan fingerprint density at radius 2 is 2.25 bits per heavy atom. The molecule has 7 heteroatoms. The highest BCUT2D eigenvalue weighted by atomic mass is 35.5. The normalized spacial score (nSPS) is 14.8. The summed E-state index contributed by atoms with van der Waals surface area (Å²) in [5.41, 5.74) is 0.507. The lowest BCUT2D eigenvalue weighted by Gasteiger charge is -2.29. The number of furan rings is 1. The molecule has 0 saturated heterocycles. The van der Waals surface area contributed by atoms with Gasteiger partial charge in [-0.05, 0) is 37.3 Å². The molecule has 1 atom stereocenters. The van der Waals surface area contributed by atoms with Gasteiger partial charge in [0.05, 0.1) is 12.0 Å². The quantitative estimate of drug-likeness (QED) is 0.900. The van der Waals surface area contributed by atoms with E-state index in [1.807, 2.05) is 13.0 Å². The molecule has 2 heterocycles. The molecule has 0 aliphatic carbocycles. The number of hydrogen-bond acceptors (Lipinski definition) is 4. The molecule has 0 fully saturated rings. The van der Waals surface area contributed by atoms with E-state index in [1.165, 1.54) is 4.90 Å². The second-order valence-corrected chi connectivity index (χ2v) is 6.07. The van der Waals surface area contributed by atoms with Gasteiger partial charge >= 0.3 is 0 Å². The van der Waals surface area contributed by atoms with Crippen LogP contribution in [0.25, 0.3) is 0 Å². The Morgan fingerprint density at radius 1 is 1.42 bits per heavy atom. The van der Waals surface area contributed by atoms with Gasteiger partial charge in [-0.25, -0.2) is 0 Å². The fourth-order valence-corrected chi connectivity index (χ4v) is 2.76. The first kappa shape index (κ1) is 16.4. The predicted octanol–water partition coefficient (Wildman–Crippen LogP) is 2.41. The highest BCUT2D eigenvalue weighted by Gasteiger charge is 2.27. The largest absolute Gasteiger partial charge is 0.482 e. The van der Waals surface area contributed by atoms with Crippen molar-refractivity contribution < 1.29 is 18.7 Å². The molecule has 2 amide bonds. The number of carbonyl (C=O) groups is 2. The molecule has 126 valence electrons. The van der Waals surface area contributed by atoms with Crippen molar-refractivity contribution in [2.24, 2.45) is 0 Å². The Morgan fingerprint density at radius 3 is 3.00 bits per heavy atom. The molecule has 1 aliphatic rings. The molecule has 1 aliphatic heterocycles. The van der Waals surface area contributed by atoms with Gasteiger partial charge in [-0.3, -0.25) is 14.5 Å². The fraction of sp³-hybridized carbons (Fsp3) is 0.294. The summed E-state index contributed by atoms with van der Waals surface area (Å²) in [6.45, 7) is 1.70. The van der Waals surface area contributed by atoms with E-state index in [1.54, 1.807) is 30.5 Å². The number of hydrogen-bond donors (Lipinski definition) is 1. The van der Waals surface area contributed by atoms with Gasteiger partial charge in [0.15, 0.2) is 6.61 Å². The van der Waals surface area contributed by atoms with Crippen LogP contribution in [0.2, 0.25) is 5.02 Å². The highest BCUT2D eigenvalue weighted by Crippen LogP contribution is 2.34. The van der Waals surface area contributed by atoms with Crippen molar-refractivity contribution in [3.63, 3.8) is 0 Å². The maximum absolute atomic E-state index is 12.3. The SMILES string of the molecule is CC(Cc1ccco1)NC(=O)CN1C(=O)COc2ccc(Cl)cc21. The van der Waals surface area contributed by atoms with E-state index in [4.69, 9.17) is 20.8 Å². The minimum atomic E-state index is -0.279. The summed E-state index contributed by atoms with van der Waals surface area (Å²) < 4.78 is 10.6. The van der Waals surface area contributed by atoms with Gasteiger partial charge in [0, 0.05) is 17.5 Å². The van der Waals surface area contributed by atoms with Crippen LogP contribution in [0.5, 0.6) is 5.75 Å². The summed E-state index contributed by atoms with van der Waals surface area (Å²) in [5.74, 6) is 0.798. The van der Waals surface area contributed by atoms with Gasteiger partial charge in [-0.2, -0.15) is 0 Å². The van der Waals surface area contributed by atoms with Crippen LogP contribution in [0.4, 0.5) is 5.69 Å². The smallest absolute Gasteiger partial charge is 0.265 e. The first-order valence-corrected chi connectivity index (χ1v) is 7.95. The Bertz CT molecular complexity index is 745. The Balaban J connectivity index is 1.65. The molecular weight excluding hydrogens is 332 g/mol. The van der Waals surface area contributed by atoms with Gasteiger partial charge in [0.25, 0.3) is 5.91 Å². The third-order valence-corrected chi connectivity index (χ3v) is 3.90. The Kier molecular flexibility index (Phi) is 4.76. The summed E-state index contributed by atoms with van der Waals surface area (Å²) in [7, 11) is 0. The standard InChI is InChI=1S/C17H17ClN2O4/c1-11(7-13-3-2-6-23-13)19-16(21)9-20-14-8-12(18)4-5-15(14)24-10-17(20)22/h2-6,8,11H,7,9-10H2,1H3,(H,19,21). The van der Waals surface area contributed by atoms with Crippen molar-refractivity contribution in [3.05, 3.63) is 47.4 Å². The number of carbonyl (C=O) groups excluding carboxylic acids is 2. The van der Waals surface area contributed by atoms with Crippen LogP contribution in [0.15, 0.2) is 41.0 Å². The summed E-state index contributed by atoms with van der Waals surface area (Å²) in [6.07, 6.45) is 2.18. The minimum absolute atomic E-state index is 0.0853. The molecule has 2 aromatic rings. The molecule has 0 bridgehead atoms. The zero-order valence-electron chi connectivity index (χ0n) is 13.1. The number of rotatable bonds is 5. The maximum Gasteiger partial charge on any atom is 0.265 e. The number of benzene rings is 1. The predicted molar refractivity (Wildman–Crippen MR) is 89.3 cm³/mol. The monoisotopic (exact) mass is 348 g/mol. The van der Waals surface area contributed by atoms with Crippen LogP contribution < -0.4 is 15.0 Å². The molecule has 6 nitrogen and oxygen atoms in total. The zero-order chi connectivity index (χ0) is 17.1. The molecule has 3 rings (SSSR count). The average Bonchev–Trinajstić information content (AvgIpc) is 3.03. The van der Waals surface area contributed by atoms with Crippen LogP contribution in [0, 0.1) is 0 Å². The molecule has 0 spiro atoms. The van der Waals surface area contributed by atoms with E-state index < -0.39 is 0 Å². The molecule has 0 saturated carbocycles. The second kappa shape index (κ2) is 6.97. The number of nitrogens with one attached hydrogen (secondary N) is 1. The molecular formula is C17H17ClN2O4. The number of halogens is 1. The number of fused-ring (bicyclic) bond motifs is 1. The number of amides is 2. The van der Waals surface area contributed by atoms with Gasteiger partial charge in [-0.15, -0.1) is 0 Å². The topological polar surface area (TPSA) is 71.8 Å². The number of ether oxygens (including phenoxy) is 1. The van der Waals surface area contributed by atoms with Crippen molar-refractivity contribution in [3.8, 4) is 5.75 Å². The van der Waals surface area contributed by atoms with Crippen molar-refractivity contribution >= 4 is 29.1 Å². The molecule has 24 heavy (non-hydrogen) atoms. The van der Waals surface area contributed by atoms with E-state index >= 15 is 0 Å². The van der Waals surface area contributed by atoms with E-state index in [9.17, 15) is 9.59 Å². The number of nitrogens with zero attached hydrogens (tertiary/aromatic N) is 1. The second-order valence-electron chi connectivity index (χ2n) is 5.63. The Hall–Kier alpha value is -2.47. The third-order valence-electron chi connectivity index (χ3n) is 3.66. The van der Waals surface area contributed by atoms with Crippen LogP contribution in [-0.2, 0) is 16.0 Å². The highest BCUT2D eigenvalue weighted by molar-refractivity contribution is 6.31. The van der Waals surface area contributed by atoms with E-state index in [-0.39, 0.29) is 31.0 Å². The lowest BCUT2D eigenvalue weighted by Crippen LogP contribution is -2.47. The van der Waals surface area contributed by atoms with Crippen molar-refractivity contribution in [1.29, 1.82) is 0 Å². The van der Waals surface area contributed by atoms with Gasteiger partial charge in [0.1, 0.15) is 18.1 Å². The number of anilines is 1. The van der Waals surface area contributed by atoms with E-state index in [0.29, 0.717) is 22.9 Å². The first-order valence-electron chi connectivity index (χ1n) is 7.57. The van der Waals surface area contributed by atoms with E-state index in [0.717, 1.165) is 5.76 Å². The van der Waals surface area contributed by atoms with Gasteiger partial charge in [-0.1, -0.05) is 11.6 Å². The van der Waals surface area contributed by atoms with Crippen LogP contribution in [0.1, 0.15) is 12.7 Å². The van der Waals surface area contributed by atoms with Crippen LogP contribution in [0.3, 0.4) is 0 Å². The Labute approximate surface area is 144 Å². The summed E-state index contributed by atoms with van der Waals surface area (Å²) in [6, 6.07) is 8.53. The van der Waals surface area contributed by atoms with Crippen molar-refractivity contribution in [2.75, 3.05) is 18.1 Å². The van der Waals surface area contributed by atoms with Crippen molar-refractivity contribution in [2.45, 2.75) is 19.4 Å². The molecule has 1 aromatic carbocycles. The lowest BCUT2D eigenvalue weighted by molar-refractivity contribution is -0.125. The van der Waals surface area contributed by atoms with Crippen LogP contribution in [-0.4, -0.2) is 31.0 Å².